The van der Waals surface area contributed by atoms with Crippen molar-refractivity contribution in [3.8, 4) is 0 Å². The van der Waals surface area contributed by atoms with Gasteiger partial charge in [0.2, 0.25) is 10.0 Å². The van der Waals surface area contributed by atoms with Gasteiger partial charge < -0.3 is 10.1 Å². The number of rotatable bonds is 4. The van der Waals surface area contributed by atoms with Gasteiger partial charge in [-0.05, 0) is 25.8 Å². The predicted molar refractivity (Wildman–Crippen MR) is 66.4 cm³/mol. The highest BCUT2D eigenvalue weighted by atomic mass is 32.2. The first kappa shape index (κ1) is 13.3. The van der Waals surface area contributed by atoms with Crippen molar-refractivity contribution in [2.45, 2.75) is 31.7 Å². The van der Waals surface area contributed by atoms with Crippen LogP contribution >= 0.6 is 0 Å². The minimum atomic E-state index is -3.07. The van der Waals surface area contributed by atoms with Gasteiger partial charge in [-0.15, -0.1) is 0 Å². The lowest BCUT2D eigenvalue weighted by Gasteiger charge is -2.28. The van der Waals surface area contributed by atoms with Gasteiger partial charge in [0.1, 0.15) is 0 Å². The van der Waals surface area contributed by atoms with Gasteiger partial charge in [-0.3, -0.25) is 0 Å². The van der Waals surface area contributed by atoms with E-state index in [-0.39, 0.29) is 5.75 Å². The molecule has 5 nitrogen and oxygen atoms in total. The van der Waals surface area contributed by atoms with Crippen molar-refractivity contribution >= 4 is 10.0 Å². The van der Waals surface area contributed by atoms with E-state index >= 15 is 0 Å². The molecule has 0 aromatic rings. The zero-order chi connectivity index (χ0) is 12.1. The number of nitrogens with zero attached hydrogens (tertiary/aromatic N) is 1. The molecule has 100 valence electrons. The van der Waals surface area contributed by atoms with Crippen molar-refractivity contribution in [3.05, 3.63) is 0 Å². The molecule has 2 aliphatic heterocycles. The van der Waals surface area contributed by atoms with Gasteiger partial charge in [-0.1, -0.05) is 6.42 Å². The second-order valence-electron chi connectivity index (χ2n) is 4.76. The summed E-state index contributed by atoms with van der Waals surface area (Å²) in [5, 5.41) is 3.39. The summed E-state index contributed by atoms with van der Waals surface area (Å²) in [6, 6.07) is 0.388. The lowest BCUT2D eigenvalue weighted by molar-refractivity contribution is 0.0730. The summed E-state index contributed by atoms with van der Waals surface area (Å²) in [6.07, 6.45) is 4.28. The molecule has 6 heteroatoms. The van der Waals surface area contributed by atoms with Gasteiger partial charge in [0.05, 0.1) is 19.0 Å². The number of hydrogen-bond donors (Lipinski definition) is 1. The van der Waals surface area contributed by atoms with Crippen molar-refractivity contribution in [1.82, 2.24) is 9.62 Å². The first-order valence-corrected chi connectivity index (χ1v) is 8.08. The number of hydrogen-bond acceptors (Lipinski definition) is 4. The van der Waals surface area contributed by atoms with Crippen LogP contribution in [0.3, 0.4) is 0 Å². The average molecular weight is 262 g/mol. The van der Waals surface area contributed by atoms with Crippen LogP contribution in [0.2, 0.25) is 0 Å². The largest absolute Gasteiger partial charge is 0.379 e. The summed E-state index contributed by atoms with van der Waals surface area (Å²) >= 11 is 0. The zero-order valence-electron chi connectivity index (χ0n) is 10.2. The van der Waals surface area contributed by atoms with Crippen LogP contribution in [0.5, 0.6) is 0 Å². The van der Waals surface area contributed by atoms with E-state index in [1.807, 2.05) is 0 Å². The summed E-state index contributed by atoms with van der Waals surface area (Å²) in [7, 11) is -3.07. The van der Waals surface area contributed by atoms with Crippen molar-refractivity contribution in [1.29, 1.82) is 0 Å². The minimum Gasteiger partial charge on any atom is -0.379 e. The first-order valence-electron chi connectivity index (χ1n) is 6.47. The van der Waals surface area contributed by atoms with Gasteiger partial charge in [0.25, 0.3) is 0 Å². The summed E-state index contributed by atoms with van der Waals surface area (Å²) in [5.74, 6) is 0.269. The van der Waals surface area contributed by atoms with Crippen LogP contribution in [-0.4, -0.2) is 57.4 Å². The van der Waals surface area contributed by atoms with Crippen molar-refractivity contribution in [2.24, 2.45) is 0 Å². The van der Waals surface area contributed by atoms with E-state index in [2.05, 4.69) is 5.32 Å². The van der Waals surface area contributed by atoms with Gasteiger partial charge in [0, 0.05) is 19.1 Å². The molecular formula is C11H22N2O3S. The Balaban J connectivity index is 1.79. The van der Waals surface area contributed by atoms with Crippen LogP contribution in [0.25, 0.3) is 0 Å². The molecule has 17 heavy (non-hydrogen) atoms. The number of ether oxygens (including phenoxy) is 1. The van der Waals surface area contributed by atoms with Gasteiger partial charge in [0.15, 0.2) is 0 Å². The van der Waals surface area contributed by atoms with E-state index in [9.17, 15) is 8.42 Å². The summed E-state index contributed by atoms with van der Waals surface area (Å²) in [5.41, 5.74) is 0. The molecule has 2 aliphatic rings. The van der Waals surface area contributed by atoms with Gasteiger partial charge >= 0.3 is 0 Å². The SMILES string of the molecule is O=S(=O)(CC[C@@H]1CCCCN1)N1CCOCC1. The summed E-state index contributed by atoms with van der Waals surface area (Å²) < 4.78 is 30.9. The average Bonchev–Trinajstić information content (AvgIpc) is 2.39. The van der Waals surface area contributed by atoms with E-state index in [4.69, 9.17) is 4.74 Å². The van der Waals surface area contributed by atoms with E-state index < -0.39 is 10.0 Å². The van der Waals surface area contributed by atoms with Crippen molar-refractivity contribution in [3.63, 3.8) is 0 Å². The van der Waals surface area contributed by atoms with Crippen molar-refractivity contribution in [2.75, 3.05) is 38.6 Å². The molecule has 1 N–H and O–H groups in total. The number of morpholine rings is 1. The Hall–Kier alpha value is -0.170. The van der Waals surface area contributed by atoms with Crippen molar-refractivity contribution < 1.29 is 13.2 Å². The third-order valence-corrected chi connectivity index (χ3v) is 5.40. The predicted octanol–water partition coefficient (Wildman–Crippen LogP) is 0.181. The lowest BCUT2D eigenvalue weighted by Crippen LogP contribution is -2.43. The maximum atomic E-state index is 12.1. The van der Waals surface area contributed by atoms with E-state index in [0.29, 0.717) is 32.3 Å². The fourth-order valence-corrected chi connectivity index (χ4v) is 3.96. The van der Waals surface area contributed by atoms with Crippen LogP contribution < -0.4 is 5.32 Å². The maximum absolute atomic E-state index is 12.1. The standard InChI is InChI=1S/C11H22N2O3S/c14-17(15,13-6-8-16-9-7-13)10-4-11-3-1-2-5-12-11/h11-12H,1-10H2/t11-/m0/s1. The Bertz CT molecular complexity index is 320. The smallest absolute Gasteiger partial charge is 0.214 e. The third kappa shape index (κ3) is 3.91. The molecule has 2 saturated heterocycles. The highest BCUT2D eigenvalue weighted by molar-refractivity contribution is 7.89. The molecule has 0 aromatic carbocycles. The molecule has 2 fully saturated rings. The summed E-state index contributed by atoms with van der Waals surface area (Å²) in [4.78, 5) is 0. The number of piperidine rings is 1. The molecule has 0 aromatic heterocycles. The Morgan fingerprint density at radius 3 is 2.65 bits per heavy atom. The molecule has 0 spiro atoms. The topological polar surface area (TPSA) is 58.6 Å². The van der Waals surface area contributed by atoms with E-state index in [1.165, 1.54) is 12.8 Å². The minimum absolute atomic E-state index is 0.269. The first-order chi connectivity index (χ1) is 8.18. The van der Waals surface area contributed by atoms with Crippen LogP contribution in [0.15, 0.2) is 0 Å². The number of sulfonamides is 1. The number of nitrogens with one attached hydrogen (secondary N) is 1. The third-order valence-electron chi connectivity index (χ3n) is 3.50. The highest BCUT2D eigenvalue weighted by Gasteiger charge is 2.25. The fourth-order valence-electron chi connectivity index (χ4n) is 2.42. The molecule has 0 aliphatic carbocycles. The normalized spacial score (nSPS) is 28.1. The van der Waals surface area contributed by atoms with E-state index in [0.717, 1.165) is 19.4 Å². The Kier molecular flexibility index (Phi) is 4.78. The monoisotopic (exact) mass is 262 g/mol. The quantitative estimate of drug-likeness (QED) is 0.785. The highest BCUT2D eigenvalue weighted by Crippen LogP contribution is 2.13. The molecule has 0 amide bonds. The zero-order valence-corrected chi connectivity index (χ0v) is 11.0. The van der Waals surface area contributed by atoms with Crippen LogP contribution in [0.4, 0.5) is 0 Å². The fraction of sp³-hybridized carbons (Fsp3) is 1.00. The lowest BCUT2D eigenvalue weighted by atomic mass is 10.0. The second-order valence-corrected chi connectivity index (χ2v) is 6.85. The van der Waals surface area contributed by atoms with Crippen LogP contribution in [0.1, 0.15) is 25.7 Å². The van der Waals surface area contributed by atoms with Gasteiger partial charge in [-0.25, -0.2) is 8.42 Å². The Morgan fingerprint density at radius 1 is 1.24 bits per heavy atom. The molecular weight excluding hydrogens is 240 g/mol. The maximum Gasteiger partial charge on any atom is 0.214 e. The molecule has 0 bridgehead atoms. The van der Waals surface area contributed by atoms with Crippen LogP contribution in [0, 0.1) is 0 Å². The molecule has 2 heterocycles. The van der Waals surface area contributed by atoms with Crippen LogP contribution in [-0.2, 0) is 14.8 Å². The Morgan fingerprint density at radius 2 is 2.00 bits per heavy atom. The Labute approximate surface area is 104 Å². The summed E-state index contributed by atoms with van der Waals surface area (Å²) in [6.45, 7) is 3.12. The molecule has 1 atom stereocenters. The second kappa shape index (κ2) is 6.13. The van der Waals surface area contributed by atoms with E-state index in [1.54, 1.807) is 4.31 Å². The molecule has 2 rings (SSSR count). The molecule has 0 unspecified atom stereocenters. The molecule has 0 saturated carbocycles. The van der Waals surface area contributed by atoms with Gasteiger partial charge in [-0.2, -0.15) is 4.31 Å². The molecule has 0 radical (unpaired) electrons.